The summed E-state index contributed by atoms with van der Waals surface area (Å²) in [5.74, 6) is 2.22. The Bertz CT molecular complexity index is 517. The van der Waals surface area contributed by atoms with Crippen molar-refractivity contribution in [3.05, 3.63) is 40.6 Å². The molecule has 0 amide bonds. The maximum absolute atomic E-state index is 5.77. The average molecular weight is 294 g/mol. The van der Waals surface area contributed by atoms with Gasteiger partial charge in [-0.25, -0.2) is 4.98 Å². The number of nitrogen functional groups attached to an aromatic ring is 1. The molecule has 0 radical (unpaired) electrons. The Hall–Kier alpha value is -1.62. The van der Waals surface area contributed by atoms with Crippen LogP contribution in [0.4, 0.5) is 5.82 Å². The lowest BCUT2D eigenvalue weighted by atomic mass is 10.3. The van der Waals surface area contributed by atoms with Gasteiger partial charge in [-0.1, -0.05) is 25.1 Å². The maximum atomic E-state index is 5.77. The maximum Gasteiger partial charge on any atom is 0.239 e. The molecule has 0 bridgehead atoms. The molecule has 1 aromatic carbocycles. The molecule has 2 rings (SSSR count). The highest BCUT2D eigenvalue weighted by atomic mass is 79.9. The van der Waals surface area contributed by atoms with Gasteiger partial charge in [0.2, 0.25) is 5.88 Å². The van der Waals surface area contributed by atoms with Crippen LogP contribution in [-0.2, 0) is 6.42 Å². The molecular formula is C12H12BrN3O. The van der Waals surface area contributed by atoms with Crippen LogP contribution in [0.2, 0.25) is 0 Å². The van der Waals surface area contributed by atoms with Crippen molar-refractivity contribution in [2.75, 3.05) is 5.73 Å². The normalized spacial score (nSPS) is 10.2. The number of benzene rings is 1. The highest BCUT2D eigenvalue weighted by Gasteiger charge is 2.11. The first-order chi connectivity index (χ1) is 8.20. The summed E-state index contributed by atoms with van der Waals surface area (Å²) in [5.41, 5.74) is 5.77. The zero-order valence-electron chi connectivity index (χ0n) is 9.35. The minimum Gasteiger partial charge on any atom is -0.438 e. The van der Waals surface area contributed by atoms with E-state index in [2.05, 4.69) is 25.9 Å². The zero-order chi connectivity index (χ0) is 12.3. The number of anilines is 1. The van der Waals surface area contributed by atoms with Crippen molar-refractivity contribution in [3.8, 4) is 11.6 Å². The van der Waals surface area contributed by atoms with E-state index < -0.39 is 0 Å². The molecule has 0 spiro atoms. The van der Waals surface area contributed by atoms with Crippen LogP contribution in [0.1, 0.15) is 12.7 Å². The van der Waals surface area contributed by atoms with Crippen molar-refractivity contribution in [1.82, 2.24) is 9.97 Å². The molecule has 1 aromatic heterocycles. The van der Waals surface area contributed by atoms with E-state index in [0.29, 0.717) is 34.2 Å². The summed E-state index contributed by atoms with van der Waals surface area (Å²) in [5, 5.41) is 0. The molecule has 17 heavy (non-hydrogen) atoms. The second kappa shape index (κ2) is 5.14. The molecule has 0 aliphatic rings. The van der Waals surface area contributed by atoms with Crippen molar-refractivity contribution in [3.63, 3.8) is 0 Å². The number of rotatable bonds is 3. The fraction of sp³-hybridized carbons (Fsp3) is 0.167. The second-order valence-electron chi connectivity index (χ2n) is 3.41. The number of para-hydroxylation sites is 1. The topological polar surface area (TPSA) is 61.0 Å². The molecule has 0 saturated carbocycles. The minimum absolute atomic E-state index is 0.391. The van der Waals surface area contributed by atoms with Gasteiger partial charge in [0.25, 0.3) is 0 Å². The predicted octanol–water partition coefficient (Wildman–Crippen LogP) is 3.18. The number of aryl methyl sites for hydroxylation is 1. The van der Waals surface area contributed by atoms with Gasteiger partial charge < -0.3 is 10.5 Å². The lowest BCUT2D eigenvalue weighted by molar-refractivity contribution is 0.456. The zero-order valence-corrected chi connectivity index (χ0v) is 10.9. The summed E-state index contributed by atoms with van der Waals surface area (Å²) in [4.78, 5) is 8.42. The first kappa shape index (κ1) is 11.9. The van der Waals surface area contributed by atoms with Crippen LogP contribution in [0.3, 0.4) is 0 Å². The summed E-state index contributed by atoms with van der Waals surface area (Å²) in [7, 11) is 0. The number of ether oxygens (including phenoxy) is 1. The number of hydrogen-bond donors (Lipinski definition) is 1. The smallest absolute Gasteiger partial charge is 0.239 e. The highest BCUT2D eigenvalue weighted by molar-refractivity contribution is 9.10. The Morgan fingerprint density at radius 3 is 2.59 bits per heavy atom. The number of aromatic nitrogens is 2. The molecule has 88 valence electrons. The molecule has 0 fully saturated rings. The van der Waals surface area contributed by atoms with Gasteiger partial charge in [-0.15, -0.1) is 0 Å². The summed E-state index contributed by atoms with van der Waals surface area (Å²) in [6.45, 7) is 1.97. The Labute approximate surface area is 108 Å². The minimum atomic E-state index is 0.391. The van der Waals surface area contributed by atoms with Gasteiger partial charge in [-0.2, -0.15) is 4.98 Å². The van der Waals surface area contributed by atoms with Crippen molar-refractivity contribution < 1.29 is 4.74 Å². The molecule has 0 saturated heterocycles. The Kier molecular flexibility index (Phi) is 3.58. The van der Waals surface area contributed by atoms with Crippen LogP contribution in [-0.4, -0.2) is 9.97 Å². The van der Waals surface area contributed by atoms with Gasteiger partial charge in [0.15, 0.2) is 0 Å². The molecule has 4 nitrogen and oxygen atoms in total. The predicted molar refractivity (Wildman–Crippen MR) is 70.0 cm³/mol. The van der Waals surface area contributed by atoms with Gasteiger partial charge >= 0.3 is 0 Å². The van der Waals surface area contributed by atoms with E-state index in [1.54, 1.807) is 0 Å². The summed E-state index contributed by atoms with van der Waals surface area (Å²) in [6.07, 6.45) is 0.711. The molecule has 0 atom stereocenters. The SMILES string of the molecule is CCc1nc(N)c(Br)c(Oc2ccccc2)n1. The van der Waals surface area contributed by atoms with Crippen LogP contribution in [0.15, 0.2) is 34.8 Å². The van der Waals surface area contributed by atoms with Gasteiger partial charge in [-0.05, 0) is 28.1 Å². The second-order valence-corrected chi connectivity index (χ2v) is 4.21. The first-order valence-corrected chi connectivity index (χ1v) is 6.04. The van der Waals surface area contributed by atoms with Crippen LogP contribution in [0.5, 0.6) is 11.6 Å². The molecule has 0 aliphatic heterocycles. The van der Waals surface area contributed by atoms with Gasteiger partial charge in [0.1, 0.15) is 21.9 Å². The third-order valence-electron chi connectivity index (χ3n) is 2.17. The van der Waals surface area contributed by atoms with Crippen LogP contribution >= 0.6 is 15.9 Å². The molecule has 0 aliphatic carbocycles. The van der Waals surface area contributed by atoms with E-state index in [1.807, 2.05) is 37.3 Å². The quantitative estimate of drug-likeness (QED) is 0.944. The molecule has 2 aromatic rings. The van der Waals surface area contributed by atoms with Gasteiger partial charge in [0.05, 0.1) is 0 Å². The van der Waals surface area contributed by atoms with Crippen molar-refractivity contribution in [2.45, 2.75) is 13.3 Å². The van der Waals surface area contributed by atoms with Crippen LogP contribution in [0, 0.1) is 0 Å². The molecule has 1 heterocycles. The van der Waals surface area contributed by atoms with E-state index in [1.165, 1.54) is 0 Å². The Balaban J connectivity index is 2.35. The number of halogens is 1. The van der Waals surface area contributed by atoms with Gasteiger partial charge in [-0.3, -0.25) is 0 Å². The third-order valence-corrected chi connectivity index (χ3v) is 2.91. The Morgan fingerprint density at radius 1 is 1.24 bits per heavy atom. The van der Waals surface area contributed by atoms with Crippen molar-refractivity contribution in [2.24, 2.45) is 0 Å². The van der Waals surface area contributed by atoms with E-state index in [0.717, 1.165) is 0 Å². The fourth-order valence-electron chi connectivity index (χ4n) is 1.31. The largest absolute Gasteiger partial charge is 0.438 e. The molecule has 0 unspecified atom stereocenters. The summed E-state index contributed by atoms with van der Waals surface area (Å²) in [6, 6.07) is 9.43. The van der Waals surface area contributed by atoms with E-state index >= 15 is 0 Å². The highest BCUT2D eigenvalue weighted by Crippen LogP contribution is 2.31. The first-order valence-electron chi connectivity index (χ1n) is 5.25. The van der Waals surface area contributed by atoms with Crippen LogP contribution in [0.25, 0.3) is 0 Å². The number of nitrogens with two attached hydrogens (primary N) is 1. The van der Waals surface area contributed by atoms with E-state index in [4.69, 9.17) is 10.5 Å². The van der Waals surface area contributed by atoms with Crippen molar-refractivity contribution >= 4 is 21.7 Å². The van der Waals surface area contributed by atoms with E-state index in [-0.39, 0.29) is 0 Å². The summed E-state index contributed by atoms with van der Waals surface area (Å²) >= 11 is 3.33. The molecule has 5 heteroatoms. The lowest BCUT2D eigenvalue weighted by Gasteiger charge is -2.09. The summed E-state index contributed by atoms with van der Waals surface area (Å²) < 4.78 is 6.24. The number of hydrogen-bond acceptors (Lipinski definition) is 4. The molecular weight excluding hydrogens is 282 g/mol. The molecule has 2 N–H and O–H groups in total. The monoisotopic (exact) mass is 293 g/mol. The fourth-order valence-corrected chi connectivity index (χ4v) is 1.57. The standard InChI is InChI=1S/C12H12BrN3O/c1-2-9-15-11(14)10(13)12(16-9)17-8-6-4-3-5-7-8/h3-7H,2H2,1H3,(H2,14,15,16). The van der Waals surface area contributed by atoms with E-state index in [9.17, 15) is 0 Å². The number of nitrogens with zero attached hydrogens (tertiary/aromatic N) is 2. The Morgan fingerprint density at radius 2 is 1.94 bits per heavy atom. The lowest BCUT2D eigenvalue weighted by Crippen LogP contribution is -2.02. The van der Waals surface area contributed by atoms with Crippen LogP contribution < -0.4 is 10.5 Å². The third kappa shape index (κ3) is 2.74. The van der Waals surface area contributed by atoms with Crippen molar-refractivity contribution in [1.29, 1.82) is 0 Å². The average Bonchev–Trinajstić information content (AvgIpc) is 2.36. The van der Waals surface area contributed by atoms with Gasteiger partial charge in [0, 0.05) is 6.42 Å².